The second-order valence-corrected chi connectivity index (χ2v) is 7.23. The van der Waals surface area contributed by atoms with E-state index in [1.165, 1.54) is 0 Å². The van der Waals surface area contributed by atoms with Crippen LogP contribution in [0.2, 0.25) is 5.02 Å². The molecule has 0 radical (unpaired) electrons. The van der Waals surface area contributed by atoms with Gasteiger partial charge in [-0.3, -0.25) is 4.79 Å². The van der Waals surface area contributed by atoms with E-state index in [-0.39, 0.29) is 23.0 Å². The number of carbonyl (C=O) groups excluding carboxylic acids is 1. The van der Waals surface area contributed by atoms with E-state index in [9.17, 15) is 9.90 Å². The van der Waals surface area contributed by atoms with Crippen LogP contribution in [0.25, 0.3) is 6.08 Å². The highest BCUT2D eigenvalue weighted by atomic mass is 35.5. The molecule has 0 amide bonds. The lowest BCUT2D eigenvalue weighted by Crippen LogP contribution is -2.65. The number of ketones is 1. The standard InChI is InChI=1S/C17H19ClO2/c1-16(2)13-9-14(16)17(3,20)15(19)12(13)8-10-4-6-11(18)7-5-10/h4-8,13-14,20H,9H2,1-3H3. The van der Waals surface area contributed by atoms with E-state index in [4.69, 9.17) is 11.6 Å². The maximum atomic E-state index is 12.5. The Morgan fingerprint density at radius 1 is 1.25 bits per heavy atom. The lowest BCUT2D eigenvalue weighted by atomic mass is 9.42. The second kappa shape index (κ2) is 4.19. The van der Waals surface area contributed by atoms with Crippen molar-refractivity contribution in [2.45, 2.75) is 32.8 Å². The Hall–Kier alpha value is -1.12. The van der Waals surface area contributed by atoms with Gasteiger partial charge in [-0.05, 0) is 48.4 Å². The molecule has 3 unspecified atom stereocenters. The largest absolute Gasteiger partial charge is 0.382 e. The van der Waals surface area contributed by atoms with Crippen molar-refractivity contribution in [3.8, 4) is 0 Å². The molecule has 0 heterocycles. The molecular formula is C17H19ClO2. The number of benzene rings is 1. The third-order valence-corrected chi connectivity index (χ3v) is 5.49. The average molecular weight is 291 g/mol. The van der Waals surface area contributed by atoms with E-state index in [0.717, 1.165) is 17.6 Å². The molecule has 4 rings (SSSR count). The molecule has 20 heavy (non-hydrogen) atoms. The van der Waals surface area contributed by atoms with Gasteiger partial charge in [0.1, 0.15) is 5.60 Å². The van der Waals surface area contributed by atoms with E-state index in [2.05, 4.69) is 13.8 Å². The maximum Gasteiger partial charge on any atom is 0.190 e. The van der Waals surface area contributed by atoms with Crippen LogP contribution >= 0.6 is 11.6 Å². The van der Waals surface area contributed by atoms with Crippen molar-refractivity contribution in [3.63, 3.8) is 0 Å². The molecule has 106 valence electrons. The van der Waals surface area contributed by atoms with Crippen molar-refractivity contribution in [2.24, 2.45) is 17.3 Å². The third kappa shape index (κ3) is 1.78. The average Bonchev–Trinajstić information content (AvgIpc) is 2.36. The number of hydrogen-bond acceptors (Lipinski definition) is 2. The molecule has 1 aromatic carbocycles. The quantitative estimate of drug-likeness (QED) is 0.801. The molecule has 3 heteroatoms. The highest BCUT2D eigenvalue weighted by molar-refractivity contribution is 6.30. The monoisotopic (exact) mass is 290 g/mol. The summed E-state index contributed by atoms with van der Waals surface area (Å²) in [5.41, 5.74) is 0.450. The van der Waals surface area contributed by atoms with E-state index in [0.29, 0.717) is 5.02 Å². The summed E-state index contributed by atoms with van der Waals surface area (Å²) in [6.45, 7) is 5.94. The molecule has 3 atom stereocenters. The van der Waals surface area contributed by atoms with Gasteiger partial charge in [-0.1, -0.05) is 37.6 Å². The fourth-order valence-corrected chi connectivity index (χ4v) is 4.05. The number of fused-ring (bicyclic) bond motifs is 2. The molecule has 0 aromatic heterocycles. The first-order valence-electron chi connectivity index (χ1n) is 6.99. The van der Waals surface area contributed by atoms with Crippen molar-refractivity contribution in [2.75, 3.05) is 0 Å². The maximum absolute atomic E-state index is 12.5. The predicted molar refractivity (Wildman–Crippen MR) is 80.4 cm³/mol. The predicted octanol–water partition coefficient (Wildman–Crippen LogP) is 3.72. The van der Waals surface area contributed by atoms with Crippen molar-refractivity contribution in [1.29, 1.82) is 0 Å². The zero-order chi connectivity index (χ0) is 14.7. The number of rotatable bonds is 1. The summed E-state index contributed by atoms with van der Waals surface area (Å²) in [4.78, 5) is 12.5. The zero-order valence-electron chi connectivity index (χ0n) is 12.0. The topological polar surface area (TPSA) is 37.3 Å². The van der Waals surface area contributed by atoms with Crippen LogP contribution in [-0.4, -0.2) is 16.5 Å². The smallest absolute Gasteiger partial charge is 0.190 e. The molecule has 0 spiro atoms. The molecule has 3 aliphatic carbocycles. The summed E-state index contributed by atoms with van der Waals surface area (Å²) >= 11 is 5.88. The van der Waals surface area contributed by atoms with E-state index >= 15 is 0 Å². The first-order chi connectivity index (χ1) is 9.24. The van der Waals surface area contributed by atoms with Gasteiger partial charge in [0.25, 0.3) is 0 Å². The Labute approximate surface area is 124 Å². The molecule has 2 bridgehead atoms. The van der Waals surface area contributed by atoms with Crippen LogP contribution in [0.1, 0.15) is 32.8 Å². The summed E-state index contributed by atoms with van der Waals surface area (Å²) in [5.74, 6) is 0.193. The molecule has 0 saturated heterocycles. The van der Waals surface area contributed by atoms with Crippen LogP contribution in [0, 0.1) is 17.3 Å². The fraction of sp³-hybridized carbons (Fsp3) is 0.471. The highest BCUT2D eigenvalue weighted by Crippen LogP contribution is 2.63. The fourth-order valence-electron chi connectivity index (χ4n) is 3.92. The Kier molecular flexibility index (Phi) is 2.90. The minimum absolute atomic E-state index is 0.0182. The summed E-state index contributed by atoms with van der Waals surface area (Å²) < 4.78 is 0. The van der Waals surface area contributed by atoms with Gasteiger partial charge in [0, 0.05) is 16.5 Å². The molecule has 3 aliphatic rings. The first-order valence-corrected chi connectivity index (χ1v) is 7.36. The van der Waals surface area contributed by atoms with Crippen molar-refractivity contribution in [1.82, 2.24) is 0 Å². The van der Waals surface area contributed by atoms with Gasteiger partial charge < -0.3 is 5.11 Å². The van der Waals surface area contributed by atoms with Gasteiger partial charge >= 0.3 is 0 Å². The van der Waals surface area contributed by atoms with Crippen LogP contribution in [0.3, 0.4) is 0 Å². The number of Topliss-reactive ketones (excluding diaryl/α,β-unsaturated/α-hetero) is 1. The van der Waals surface area contributed by atoms with Crippen LogP contribution in [-0.2, 0) is 4.79 Å². The molecular weight excluding hydrogens is 272 g/mol. The molecule has 2 nitrogen and oxygen atoms in total. The van der Waals surface area contributed by atoms with Gasteiger partial charge in [0.2, 0.25) is 0 Å². The molecule has 1 aromatic rings. The summed E-state index contributed by atoms with van der Waals surface area (Å²) in [5, 5.41) is 11.2. The van der Waals surface area contributed by atoms with E-state index < -0.39 is 5.60 Å². The number of aliphatic hydroxyl groups is 1. The van der Waals surface area contributed by atoms with Gasteiger partial charge in [-0.25, -0.2) is 0 Å². The van der Waals surface area contributed by atoms with Crippen molar-refractivity contribution < 1.29 is 9.90 Å². The Morgan fingerprint density at radius 2 is 1.85 bits per heavy atom. The molecule has 3 saturated carbocycles. The lowest BCUT2D eigenvalue weighted by molar-refractivity contribution is -0.180. The van der Waals surface area contributed by atoms with Crippen LogP contribution in [0.15, 0.2) is 29.8 Å². The minimum atomic E-state index is -1.24. The number of carbonyl (C=O) groups is 1. The molecule has 0 aliphatic heterocycles. The summed E-state index contributed by atoms with van der Waals surface area (Å²) in [6, 6.07) is 7.42. The SMILES string of the molecule is CC1(O)C(=O)C(=Cc2ccc(Cl)cc2)C2CC1C2(C)C. The highest BCUT2D eigenvalue weighted by Gasteiger charge is 2.65. The Morgan fingerprint density at radius 3 is 2.40 bits per heavy atom. The molecule has 1 N–H and O–H groups in total. The van der Waals surface area contributed by atoms with E-state index in [1.54, 1.807) is 6.92 Å². The van der Waals surface area contributed by atoms with Gasteiger partial charge in [0.15, 0.2) is 5.78 Å². The van der Waals surface area contributed by atoms with Crippen LogP contribution < -0.4 is 0 Å². The summed E-state index contributed by atoms with van der Waals surface area (Å²) in [6.07, 6.45) is 2.81. The van der Waals surface area contributed by atoms with Crippen LogP contribution in [0.5, 0.6) is 0 Å². The van der Waals surface area contributed by atoms with Gasteiger partial charge in [0.05, 0.1) is 0 Å². The zero-order valence-corrected chi connectivity index (χ0v) is 12.7. The van der Waals surface area contributed by atoms with E-state index in [1.807, 2.05) is 30.3 Å². The first kappa shape index (κ1) is 13.8. The second-order valence-electron chi connectivity index (χ2n) is 6.79. The minimum Gasteiger partial charge on any atom is -0.382 e. The summed E-state index contributed by atoms with van der Waals surface area (Å²) in [7, 11) is 0. The van der Waals surface area contributed by atoms with Gasteiger partial charge in [-0.2, -0.15) is 0 Å². The Balaban J connectivity index is 2.04. The Bertz CT molecular complexity index is 596. The van der Waals surface area contributed by atoms with Crippen molar-refractivity contribution >= 4 is 23.5 Å². The normalized spacial score (nSPS) is 36.9. The van der Waals surface area contributed by atoms with Crippen LogP contribution in [0.4, 0.5) is 0 Å². The number of halogens is 1. The third-order valence-electron chi connectivity index (χ3n) is 5.24. The number of hydrogen-bond donors (Lipinski definition) is 1. The lowest BCUT2D eigenvalue weighted by Gasteiger charge is -2.62. The van der Waals surface area contributed by atoms with Gasteiger partial charge in [-0.15, -0.1) is 0 Å². The van der Waals surface area contributed by atoms with Crippen molar-refractivity contribution in [3.05, 3.63) is 40.4 Å². The molecule has 3 fully saturated rings.